The van der Waals surface area contributed by atoms with Crippen LogP contribution in [0, 0.1) is 0 Å². The number of benzene rings is 1. The second-order valence-corrected chi connectivity index (χ2v) is 10.9. The molecule has 198 valence electrons. The molecule has 1 amide bonds. The Balaban J connectivity index is 1.43. The van der Waals surface area contributed by atoms with Crippen LogP contribution in [0.2, 0.25) is 0 Å². The van der Waals surface area contributed by atoms with Gasteiger partial charge in [-0.05, 0) is 82.6 Å². The van der Waals surface area contributed by atoms with Gasteiger partial charge < -0.3 is 10.1 Å². The first-order chi connectivity index (χ1) is 18.9. The van der Waals surface area contributed by atoms with E-state index in [2.05, 4.69) is 27.4 Å². The van der Waals surface area contributed by atoms with Gasteiger partial charge in [0.1, 0.15) is 11.2 Å². The van der Waals surface area contributed by atoms with Crippen LogP contribution in [-0.2, 0) is 4.74 Å². The Bertz CT molecular complexity index is 1630. The molecule has 1 aliphatic rings. The van der Waals surface area contributed by atoms with Gasteiger partial charge in [-0.15, -0.1) is 0 Å². The minimum atomic E-state index is -0.601. The monoisotopic (exact) mass is 520 g/mol. The third-order valence-corrected chi connectivity index (χ3v) is 6.99. The van der Waals surface area contributed by atoms with Crippen molar-refractivity contribution in [3.05, 3.63) is 79.4 Å². The van der Waals surface area contributed by atoms with Crippen LogP contribution in [0.3, 0.4) is 0 Å². The number of imidazole rings is 1. The highest BCUT2D eigenvalue weighted by molar-refractivity contribution is 6.00. The summed E-state index contributed by atoms with van der Waals surface area (Å²) in [5.41, 5.74) is 5.51. The van der Waals surface area contributed by atoms with Gasteiger partial charge >= 0.3 is 6.09 Å². The van der Waals surface area contributed by atoms with Crippen molar-refractivity contribution in [2.45, 2.75) is 45.3 Å². The summed E-state index contributed by atoms with van der Waals surface area (Å²) in [6.45, 7) is 7.41. The van der Waals surface area contributed by atoms with Gasteiger partial charge in [-0.25, -0.2) is 14.8 Å². The number of pyridine rings is 3. The molecule has 4 aromatic heterocycles. The van der Waals surface area contributed by atoms with Gasteiger partial charge in [-0.1, -0.05) is 24.3 Å². The molecule has 0 saturated carbocycles. The van der Waals surface area contributed by atoms with E-state index in [1.54, 1.807) is 6.20 Å². The lowest BCUT2D eigenvalue weighted by Crippen LogP contribution is -2.48. The van der Waals surface area contributed by atoms with E-state index in [4.69, 9.17) is 9.72 Å². The van der Waals surface area contributed by atoms with Crippen LogP contribution in [0.1, 0.15) is 33.6 Å². The van der Waals surface area contributed by atoms with Crippen molar-refractivity contribution < 1.29 is 9.53 Å². The molecule has 1 aliphatic heterocycles. The van der Waals surface area contributed by atoms with Gasteiger partial charge in [0.05, 0.1) is 28.8 Å². The number of carbonyl (C=O) groups excluding carboxylic acids is 1. The summed E-state index contributed by atoms with van der Waals surface area (Å²) in [5.74, 6) is 0. The summed E-state index contributed by atoms with van der Waals surface area (Å²) < 4.78 is 7.92. The number of para-hydroxylation sites is 1. The molecule has 0 unspecified atom stereocenters. The summed E-state index contributed by atoms with van der Waals surface area (Å²) in [6.07, 6.45) is 8.83. The number of aromatic nitrogens is 4. The quantitative estimate of drug-likeness (QED) is 0.308. The van der Waals surface area contributed by atoms with Gasteiger partial charge in [0.15, 0.2) is 0 Å². The fraction of sp³-hybridized carbons (Fsp3) is 0.290. The number of ether oxygens (including phenoxy) is 1. The van der Waals surface area contributed by atoms with Crippen LogP contribution < -0.4 is 10.2 Å². The predicted molar refractivity (Wildman–Crippen MR) is 154 cm³/mol. The van der Waals surface area contributed by atoms with E-state index in [0.29, 0.717) is 0 Å². The maximum Gasteiger partial charge on any atom is 0.415 e. The van der Waals surface area contributed by atoms with Crippen molar-refractivity contribution in [3.8, 4) is 22.5 Å². The largest absolute Gasteiger partial charge is 0.443 e. The van der Waals surface area contributed by atoms with Gasteiger partial charge in [0.25, 0.3) is 0 Å². The zero-order chi connectivity index (χ0) is 27.0. The van der Waals surface area contributed by atoms with E-state index in [1.165, 1.54) is 0 Å². The second kappa shape index (κ2) is 10.1. The topological polar surface area (TPSA) is 84.7 Å². The molecule has 1 fully saturated rings. The number of anilines is 1. The van der Waals surface area contributed by atoms with E-state index in [0.717, 1.165) is 70.7 Å². The zero-order valence-corrected chi connectivity index (χ0v) is 22.5. The number of amides is 1. The molecule has 1 aromatic carbocycles. The highest BCUT2D eigenvalue weighted by Gasteiger charge is 2.32. The molecule has 1 saturated heterocycles. The van der Waals surface area contributed by atoms with E-state index >= 15 is 0 Å². The van der Waals surface area contributed by atoms with Gasteiger partial charge in [0.2, 0.25) is 0 Å². The third-order valence-electron chi connectivity index (χ3n) is 6.99. The van der Waals surface area contributed by atoms with Crippen LogP contribution in [0.5, 0.6) is 0 Å². The van der Waals surface area contributed by atoms with E-state index in [-0.39, 0.29) is 12.1 Å². The average Bonchev–Trinajstić information content (AvgIpc) is 3.37. The molecule has 0 radical (unpaired) electrons. The number of nitrogens with one attached hydrogen (secondary N) is 1. The molecular weight excluding hydrogens is 488 g/mol. The maximum absolute atomic E-state index is 13.6. The number of hydrogen-bond donors (Lipinski definition) is 1. The first-order valence-corrected chi connectivity index (χ1v) is 13.4. The lowest BCUT2D eigenvalue weighted by atomic mass is 10.0. The molecule has 8 nitrogen and oxygen atoms in total. The smallest absolute Gasteiger partial charge is 0.415 e. The number of piperidine rings is 1. The lowest BCUT2D eigenvalue weighted by molar-refractivity contribution is 0.0560. The van der Waals surface area contributed by atoms with Crippen molar-refractivity contribution in [2.75, 3.05) is 18.0 Å². The number of nitrogens with zero attached hydrogens (tertiary/aromatic N) is 5. The molecule has 5 heterocycles. The Hall–Kier alpha value is -4.30. The summed E-state index contributed by atoms with van der Waals surface area (Å²) in [5, 5.41) is 4.36. The fourth-order valence-electron chi connectivity index (χ4n) is 5.17. The molecule has 39 heavy (non-hydrogen) atoms. The second-order valence-electron chi connectivity index (χ2n) is 10.9. The Morgan fingerprint density at radius 3 is 2.64 bits per heavy atom. The fourth-order valence-corrected chi connectivity index (χ4v) is 5.17. The first-order valence-electron chi connectivity index (χ1n) is 13.4. The van der Waals surface area contributed by atoms with Crippen LogP contribution in [0.25, 0.3) is 39.1 Å². The van der Waals surface area contributed by atoms with Gasteiger partial charge in [-0.2, -0.15) is 0 Å². The molecule has 0 spiro atoms. The Labute approximate surface area is 227 Å². The normalized spacial score (nSPS) is 14.5. The van der Waals surface area contributed by atoms with Crippen molar-refractivity contribution in [3.63, 3.8) is 0 Å². The molecule has 0 atom stereocenters. The number of hydrogen-bond acceptors (Lipinski definition) is 6. The van der Waals surface area contributed by atoms with Crippen LogP contribution >= 0.6 is 0 Å². The lowest BCUT2D eigenvalue weighted by Gasteiger charge is -2.36. The van der Waals surface area contributed by atoms with E-state index < -0.39 is 5.60 Å². The Kier molecular flexibility index (Phi) is 6.48. The van der Waals surface area contributed by atoms with Crippen LogP contribution in [0.4, 0.5) is 10.5 Å². The standard InChI is InChI=1S/C31H32N6O2/c1-31(2,3)39-30(38)37(24-11-15-32-16-12-24)26-8-4-6-21-9-10-25(35-29(21)26)27-20-34-28-18-22(13-17-36(27)28)23-7-5-14-33-19-23/h4-10,13-14,17-20,24,32H,11-12,15-16H2,1-3H3. The van der Waals surface area contributed by atoms with Crippen molar-refractivity contribution >= 4 is 28.3 Å². The predicted octanol–water partition coefficient (Wildman–Crippen LogP) is 6.11. The maximum atomic E-state index is 13.6. The molecule has 5 aromatic rings. The summed E-state index contributed by atoms with van der Waals surface area (Å²) >= 11 is 0. The minimum Gasteiger partial charge on any atom is -0.443 e. The van der Waals surface area contributed by atoms with Gasteiger partial charge in [-0.3, -0.25) is 14.3 Å². The molecule has 0 bridgehead atoms. The zero-order valence-electron chi connectivity index (χ0n) is 22.5. The average molecular weight is 521 g/mol. The van der Waals surface area contributed by atoms with E-state index in [9.17, 15) is 4.79 Å². The molecule has 1 N–H and O–H groups in total. The SMILES string of the molecule is CC(C)(C)OC(=O)N(c1cccc2ccc(-c3cnc4cc(-c5cccnc5)ccn34)nc12)C1CCNCC1. The highest BCUT2D eigenvalue weighted by Crippen LogP contribution is 2.33. The third kappa shape index (κ3) is 5.07. The molecule has 6 rings (SSSR count). The first kappa shape index (κ1) is 25.0. The van der Waals surface area contributed by atoms with E-state index in [1.807, 2.05) is 91.1 Å². The van der Waals surface area contributed by atoms with Crippen molar-refractivity contribution in [1.29, 1.82) is 0 Å². The molecule has 0 aliphatic carbocycles. The molecule has 8 heteroatoms. The number of rotatable bonds is 4. The summed E-state index contributed by atoms with van der Waals surface area (Å²) in [6, 6.07) is 18.1. The van der Waals surface area contributed by atoms with Crippen LogP contribution in [-0.4, -0.2) is 50.2 Å². The Morgan fingerprint density at radius 2 is 1.87 bits per heavy atom. The van der Waals surface area contributed by atoms with Crippen molar-refractivity contribution in [2.24, 2.45) is 0 Å². The van der Waals surface area contributed by atoms with Gasteiger partial charge in [0, 0.05) is 35.6 Å². The Morgan fingerprint density at radius 1 is 1.03 bits per heavy atom. The van der Waals surface area contributed by atoms with Crippen LogP contribution in [0.15, 0.2) is 79.4 Å². The highest BCUT2D eigenvalue weighted by atomic mass is 16.6. The molecular formula is C31H32N6O2. The van der Waals surface area contributed by atoms with Crippen molar-refractivity contribution in [1.82, 2.24) is 24.7 Å². The number of carbonyl (C=O) groups is 1. The number of fused-ring (bicyclic) bond motifs is 2. The summed E-state index contributed by atoms with van der Waals surface area (Å²) in [7, 11) is 0. The summed E-state index contributed by atoms with van der Waals surface area (Å²) in [4.78, 5) is 29.4. The minimum absolute atomic E-state index is 0.0267.